The molecule has 2 N–H and O–H groups in total. The van der Waals surface area contributed by atoms with Gasteiger partial charge in [-0.15, -0.1) is 0 Å². The predicted molar refractivity (Wildman–Crippen MR) is 112 cm³/mol. The Kier molecular flexibility index (Phi) is 4.81. The van der Waals surface area contributed by atoms with Gasteiger partial charge in [0.15, 0.2) is 0 Å². The Morgan fingerprint density at radius 1 is 1.17 bits per heavy atom. The first-order valence-electron chi connectivity index (χ1n) is 9.94. The maximum Gasteiger partial charge on any atom is 0.314 e. The Morgan fingerprint density at radius 2 is 1.93 bits per heavy atom. The van der Waals surface area contributed by atoms with E-state index in [1.165, 1.54) is 16.9 Å². The smallest absolute Gasteiger partial charge is 0.314 e. The van der Waals surface area contributed by atoms with Crippen LogP contribution in [0, 0.1) is 0 Å². The first-order chi connectivity index (χ1) is 14.2. The summed E-state index contributed by atoms with van der Waals surface area (Å²) in [4.78, 5) is 25.5. The van der Waals surface area contributed by atoms with Gasteiger partial charge in [0.25, 0.3) is 5.19 Å². The molecule has 2 bridgehead atoms. The molecule has 5 rings (SSSR count). The number of benzene rings is 1. The Labute approximate surface area is 173 Å². The van der Waals surface area contributed by atoms with Gasteiger partial charge in [0, 0.05) is 37.9 Å². The van der Waals surface area contributed by atoms with E-state index in [2.05, 4.69) is 27.0 Å². The van der Waals surface area contributed by atoms with Gasteiger partial charge in [-0.2, -0.15) is 0 Å². The second kappa shape index (κ2) is 7.61. The third-order valence-corrected chi connectivity index (χ3v) is 6.74. The average Bonchev–Trinajstić information content (AvgIpc) is 3.23. The number of amides is 2. The van der Waals surface area contributed by atoms with Gasteiger partial charge in [0.05, 0.1) is 0 Å². The summed E-state index contributed by atoms with van der Waals surface area (Å²) in [6, 6.07) is 12.6. The van der Waals surface area contributed by atoms with E-state index in [1.54, 1.807) is 11.1 Å². The third kappa shape index (κ3) is 3.77. The summed E-state index contributed by atoms with van der Waals surface area (Å²) >= 11 is 1.45. The fourth-order valence-corrected chi connectivity index (χ4v) is 5.19. The number of fused-ring (bicyclic) bond motifs is 3. The van der Waals surface area contributed by atoms with Crippen LogP contribution < -0.4 is 10.5 Å². The second-order valence-corrected chi connectivity index (χ2v) is 8.61. The number of carbonyl (C=O) groups is 1. The maximum absolute atomic E-state index is 11.5. The molecule has 2 aromatic heterocycles. The van der Waals surface area contributed by atoms with Crippen LogP contribution in [-0.2, 0) is 6.42 Å². The molecule has 1 aromatic carbocycles. The zero-order valence-corrected chi connectivity index (χ0v) is 16.8. The Bertz CT molecular complexity index is 974. The minimum Gasteiger partial charge on any atom is -0.431 e. The van der Waals surface area contributed by atoms with Crippen molar-refractivity contribution in [1.29, 1.82) is 0 Å². The number of piperazine rings is 1. The predicted octanol–water partition coefficient (Wildman–Crippen LogP) is 3.25. The summed E-state index contributed by atoms with van der Waals surface area (Å²) in [6.07, 6.45) is 5.05. The second-order valence-electron chi connectivity index (χ2n) is 7.67. The number of carbonyl (C=O) groups excluding carboxylic acids is 1. The lowest BCUT2D eigenvalue weighted by Crippen LogP contribution is -2.56. The number of hydrogen-bond donors (Lipinski definition) is 1. The highest BCUT2D eigenvalue weighted by atomic mass is 32.1. The van der Waals surface area contributed by atoms with Crippen LogP contribution in [-0.4, -0.2) is 57.5 Å². The van der Waals surface area contributed by atoms with Crippen molar-refractivity contribution in [3.05, 3.63) is 48.2 Å². The van der Waals surface area contributed by atoms with Crippen LogP contribution in [0.15, 0.2) is 42.6 Å². The molecule has 29 heavy (non-hydrogen) atoms. The number of primary amides is 1. The lowest BCUT2D eigenvalue weighted by molar-refractivity contribution is 0.0868. The molecule has 2 atom stereocenters. The van der Waals surface area contributed by atoms with E-state index in [1.807, 2.05) is 24.3 Å². The first-order valence-corrected chi connectivity index (χ1v) is 10.8. The number of aromatic nitrogens is 2. The van der Waals surface area contributed by atoms with E-state index in [0.29, 0.717) is 17.3 Å². The summed E-state index contributed by atoms with van der Waals surface area (Å²) in [6.45, 7) is 2.52. The van der Waals surface area contributed by atoms with E-state index < -0.39 is 0 Å². The molecule has 3 aromatic rings. The van der Waals surface area contributed by atoms with Crippen molar-refractivity contribution in [2.45, 2.75) is 31.3 Å². The molecule has 0 radical (unpaired) electrons. The maximum atomic E-state index is 11.5. The number of likely N-dealkylation sites (tertiary alicyclic amines) is 1. The Balaban J connectivity index is 1.19. The number of ether oxygens (including phenoxy) is 1. The van der Waals surface area contributed by atoms with Crippen molar-refractivity contribution in [2.24, 2.45) is 5.73 Å². The average molecular weight is 410 g/mol. The van der Waals surface area contributed by atoms with Crippen molar-refractivity contribution in [3.63, 3.8) is 0 Å². The zero-order chi connectivity index (χ0) is 19.8. The van der Waals surface area contributed by atoms with E-state index in [-0.39, 0.29) is 6.03 Å². The number of nitrogens with zero attached hydrogens (tertiary/aromatic N) is 4. The van der Waals surface area contributed by atoms with E-state index in [9.17, 15) is 4.79 Å². The van der Waals surface area contributed by atoms with E-state index in [0.717, 1.165) is 55.0 Å². The molecule has 2 aliphatic rings. The number of thiazole rings is 1. The van der Waals surface area contributed by atoms with Crippen LogP contribution in [0.5, 0.6) is 10.9 Å². The molecule has 8 heteroatoms. The SMILES string of the molecule is NC(=O)N1C[C@H]2CC[C@@H](C1)N2CCc1ccc(Oc2nc3cccnc3s2)cc1. The highest BCUT2D eigenvalue weighted by Gasteiger charge is 2.40. The molecule has 2 amide bonds. The third-order valence-electron chi connectivity index (χ3n) is 5.88. The number of rotatable bonds is 5. The quantitative estimate of drug-likeness (QED) is 0.699. The van der Waals surface area contributed by atoms with Crippen LogP contribution in [0.4, 0.5) is 4.79 Å². The highest BCUT2D eigenvalue weighted by molar-refractivity contribution is 7.19. The summed E-state index contributed by atoms with van der Waals surface area (Å²) in [7, 11) is 0. The zero-order valence-electron chi connectivity index (χ0n) is 16.0. The number of nitrogens with two attached hydrogens (primary N) is 1. The topological polar surface area (TPSA) is 84.6 Å². The molecule has 150 valence electrons. The molecule has 2 saturated heterocycles. The van der Waals surface area contributed by atoms with Crippen LogP contribution in [0.1, 0.15) is 18.4 Å². The number of urea groups is 1. The van der Waals surface area contributed by atoms with Crippen molar-refractivity contribution in [3.8, 4) is 10.9 Å². The van der Waals surface area contributed by atoms with E-state index in [4.69, 9.17) is 10.5 Å². The van der Waals surface area contributed by atoms with Gasteiger partial charge in [-0.05, 0) is 49.1 Å². The molecule has 0 spiro atoms. The molecular weight excluding hydrogens is 386 g/mol. The summed E-state index contributed by atoms with van der Waals surface area (Å²) in [5, 5.41) is 0.607. The molecule has 0 unspecified atom stereocenters. The lowest BCUT2D eigenvalue weighted by atomic mass is 10.1. The normalized spacial score (nSPS) is 21.6. The lowest BCUT2D eigenvalue weighted by Gasteiger charge is -2.40. The van der Waals surface area contributed by atoms with Gasteiger partial charge < -0.3 is 15.4 Å². The summed E-state index contributed by atoms with van der Waals surface area (Å²) < 4.78 is 5.90. The Hall–Kier alpha value is -2.71. The largest absolute Gasteiger partial charge is 0.431 e. The monoisotopic (exact) mass is 409 g/mol. The molecular formula is C21H23N5O2S. The van der Waals surface area contributed by atoms with Crippen molar-refractivity contribution >= 4 is 27.7 Å². The number of pyridine rings is 1. The van der Waals surface area contributed by atoms with Gasteiger partial charge in [-0.1, -0.05) is 23.5 Å². The molecule has 2 fully saturated rings. The minimum absolute atomic E-state index is 0.291. The minimum atomic E-state index is -0.291. The first kappa shape index (κ1) is 18.3. The fourth-order valence-electron chi connectivity index (χ4n) is 4.41. The van der Waals surface area contributed by atoms with Crippen molar-refractivity contribution in [2.75, 3.05) is 19.6 Å². The summed E-state index contributed by atoms with van der Waals surface area (Å²) in [5.41, 5.74) is 7.61. The molecule has 4 heterocycles. The fraction of sp³-hybridized carbons (Fsp3) is 0.381. The van der Waals surface area contributed by atoms with Crippen LogP contribution in [0.3, 0.4) is 0 Å². The molecule has 2 aliphatic heterocycles. The van der Waals surface area contributed by atoms with Crippen molar-refractivity contribution < 1.29 is 9.53 Å². The summed E-state index contributed by atoms with van der Waals surface area (Å²) in [5.74, 6) is 0.781. The molecule has 0 saturated carbocycles. The standard InChI is InChI=1S/C21H23N5O2S/c22-20(27)25-12-15-5-6-16(13-25)26(15)11-9-14-3-7-17(8-4-14)28-21-24-18-2-1-10-23-19(18)29-21/h1-4,7-8,10,15-16H,5-6,9,11-13H2,(H2,22,27)/t15-,16+. The van der Waals surface area contributed by atoms with Gasteiger partial charge in [-0.3, -0.25) is 4.90 Å². The molecule has 0 aliphatic carbocycles. The highest BCUT2D eigenvalue weighted by Crippen LogP contribution is 2.31. The molecule has 7 nitrogen and oxygen atoms in total. The van der Waals surface area contributed by atoms with Crippen LogP contribution in [0.25, 0.3) is 10.3 Å². The van der Waals surface area contributed by atoms with Crippen LogP contribution in [0.2, 0.25) is 0 Å². The van der Waals surface area contributed by atoms with Gasteiger partial charge >= 0.3 is 6.03 Å². The van der Waals surface area contributed by atoms with Gasteiger partial charge in [0.2, 0.25) is 0 Å². The van der Waals surface area contributed by atoms with Gasteiger partial charge in [-0.25, -0.2) is 14.8 Å². The van der Waals surface area contributed by atoms with Crippen LogP contribution >= 0.6 is 11.3 Å². The van der Waals surface area contributed by atoms with Crippen molar-refractivity contribution in [1.82, 2.24) is 19.8 Å². The van der Waals surface area contributed by atoms with Gasteiger partial charge in [0.1, 0.15) is 16.1 Å². The van der Waals surface area contributed by atoms with E-state index >= 15 is 0 Å². The number of hydrogen-bond acceptors (Lipinski definition) is 6. The Morgan fingerprint density at radius 3 is 2.62 bits per heavy atom.